The fourth-order valence-corrected chi connectivity index (χ4v) is 4.08. The van der Waals surface area contributed by atoms with E-state index in [0.29, 0.717) is 11.4 Å². The zero-order valence-electron chi connectivity index (χ0n) is 11.6. The fourth-order valence-electron chi connectivity index (χ4n) is 2.42. The van der Waals surface area contributed by atoms with Crippen LogP contribution in [0.5, 0.6) is 0 Å². The molecule has 0 aliphatic carbocycles. The third-order valence-electron chi connectivity index (χ3n) is 3.83. The second-order valence-electron chi connectivity index (χ2n) is 5.28. The number of hydrogen-bond donors (Lipinski definition) is 1. The predicted octanol–water partition coefficient (Wildman–Crippen LogP) is 2.15. The normalized spacial score (nSPS) is 22.2. The molecule has 2 N–H and O–H groups in total. The maximum atomic E-state index is 12.7. The first-order valence-electron chi connectivity index (χ1n) is 6.77. The van der Waals surface area contributed by atoms with Crippen molar-refractivity contribution in [2.45, 2.75) is 50.6 Å². The molecule has 0 radical (unpaired) electrons. The molecule has 0 amide bonds. The van der Waals surface area contributed by atoms with Gasteiger partial charge >= 0.3 is 0 Å². The second kappa shape index (κ2) is 5.61. The lowest BCUT2D eigenvalue weighted by Crippen LogP contribution is -2.45. The molecule has 1 aliphatic rings. The largest absolute Gasteiger partial charge is 0.315 e. The molecule has 1 aromatic rings. The van der Waals surface area contributed by atoms with Crippen molar-refractivity contribution in [3.05, 3.63) is 29.3 Å². The van der Waals surface area contributed by atoms with Gasteiger partial charge in [0, 0.05) is 6.54 Å². The molecular formula is C14H22N2O2S. The summed E-state index contributed by atoms with van der Waals surface area (Å²) >= 11 is 0. The van der Waals surface area contributed by atoms with Crippen molar-refractivity contribution in [3.63, 3.8) is 0 Å². The minimum absolute atomic E-state index is 0.355. The van der Waals surface area contributed by atoms with Crippen molar-refractivity contribution in [2.75, 3.05) is 6.54 Å². The first-order chi connectivity index (χ1) is 8.93. The van der Waals surface area contributed by atoms with Crippen LogP contribution < -0.4 is 5.73 Å². The Hall–Kier alpha value is -0.910. The number of aryl methyl sites for hydroxylation is 2. The highest BCUT2D eigenvalue weighted by molar-refractivity contribution is 7.89. The Morgan fingerprint density at radius 1 is 1.16 bits per heavy atom. The Kier molecular flexibility index (Phi) is 4.28. The number of rotatable bonds is 2. The molecule has 1 aliphatic heterocycles. The zero-order valence-corrected chi connectivity index (χ0v) is 12.4. The number of nitrogens with two attached hydrogens (primary N) is 1. The number of nitrogens with zero attached hydrogens (tertiary/aromatic N) is 1. The van der Waals surface area contributed by atoms with Gasteiger partial charge in [0.15, 0.2) is 0 Å². The molecule has 0 bridgehead atoms. The van der Waals surface area contributed by atoms with E-state index in [1.807, 2.05) is 19.9 Å². The molecule has 2 rings (SSSR count). The Morgan fingerprint density at radius 3 is 2.58 bits per heavy atom. The van der Waals surface area contributed by atoms with Crippen LogP contribution in [0.3, 0.4) is 0 Å². The first kappa shape index (κ1) is 14.5. The van der Waals surface area contributed by atoms with E-state index in [-0.39, 0.29) is 0 Å². The Morgan fingerprint density at radius 2 is 1.89 bits per heavy atom. The Labute approximate surface area is 115 Å². The van der Waals surface area contributed by atoms with Crippen LogP contribution in [0.1, 0.15) is 36.8 Å². The summed E-state index contributed by atoms with van der Waals surface area (Å²) < 4.78 is 26.8. The van der Waals surface area contributed by atoms with Gasteiger partial charge in [0.05, 0.1) is 11.1 Å². The highest BCUT2D eigenvalue weighted by Gasteiger charge is 2.30. The van der Waals surface area contributed by atoms with Crippen molar-refractivity contribution >= 4 is 10.0 Å². The maximum Gasteiger partial charge on any atom is 0.244 e. The lowest BCUT2D eigenvalue weighted by atomic mass is 10.1. The van der Waals surface area contributed by atoms with Gasteiger partial charge in [-0.3, -0.25) is 0 Å². The van der Waals surface area contributed by atoms with Crippen LogP contribution in [0.4, 0.5) is 0 Å². The molecule has 106 valence electrons. The summed E-state index contributed by atoms with van der Waals surface area (Å²) in [6.45, 7) is 4.43. The van der Waals surface area contributed by atoms with E-state index in [1.165, 1.54) is 4.31 Å². The second-order valence-corrected chi connectivity index (χ2v) is 7.17. The van der Waals surface area contributed by atoms with Crippen LogP contribution in [-0.4, -0.2) is 25.4 Å². The number of hydrogen-bond acceptors (Lipinski definition) is 3. The van der Waals surface area contributed by atoms with E-state index >= 15 is 0 Å². The van der Waals surface area contributed by atoms with Crippen molar-refractivity contribution in [2.24, 2.45) is 5.73 Å². The summed E-state index contributed by atoms with van der Waals surface area (Å²) in [5, 5.41) is 0. The van der Waals surface area contributed by atoms with Gasteiger partial charge in [0.25, 0.3) is 0 Å². The molecule has 0 saturated carbocycles. The van der Waals surface area contributed by atoms with E-state index in [2.05, 4.69) is 0 Å². The lowest BCUT2D eigenvalue weighted by Gasteiger charge is -2.26. The molecule has 1 saturated heterocycles. The number of sulfonamides is 1. The fraction of sp³-hybridized carbons (Fsp3) is 0.571. The van der Waals surface area contributed by atoms with Crippen LogP contribution in [0.15, 0.2) is 23.1 Å². The molecule has 1 atom stereocenters. The van der Waals surface area contributed by atoms with Gasteiger partial charge in [-0.05, 0) is 49.9 Å². The van der Waals surface area contributed by atoms with E-state index in [0.717, 1.165) is 36.8 Å². The minimum atomic E-state index is -3.47. The predicted molar refractivity (Wildman–Crippen MR) is 76.3 cm³/mol. The molecular weight excluding hydrogens is 260 g/mol. The topological polar surface area (TPSA) is 63.4 Å². The van der Waals surface area contributed by atoms with Gasteiger partial charge in [-0.2, -0.15) is 4.31 Å². The van der Waals surface area contributed by atoms with Gasteiger partial charge in [-0.25, -0.2) is 8.42 Å². The van der Waals surface area contributed by atoms with Crippen molar-refractivity contribution in [3.8, 4) is 0 Å². The quantitative estimate of drug-likeness (QED) is 0.904. The van der Waals surface area contributed by atoms with Crippen LogP contribution in [0.25, 0.3) is 0 Å². The van der Waals surface area contributed by atoms with Crippen molar-refractivity contribution in [1.29, 1.82) is 0 Å². The summed E-state index contributed by atoms with van der Waals surface area (Å²) in [6, 6.07) is 5.27. The molecule has 5 heteroatoms. The van der Waals surface area contributed by atoms with Crippen LogP contribution in [-0.2, 0) is 10.0 Å². The van der Waals surface area contributed by atoms with E-state index in [1.54, 1.807) is 12.1 Å². The highest BCUT2D eigenvalue weighted by atomic mass is 32.2. The molecule has 1 fully saturated rings. The van der Waals surface area contributed by atoms with E-state index in [9.17, 15) is 8.42 Å². The van der Waals surface area contributed by atoms with E-state index < -0.39 is 16.2 Å². The molecule has 0 spiro atoms. The zero-order chi connectivity index (χ0) is 14.0. The Bertz CT molecular complexity index is 555. The van der Waals surface area contributed by atoms with Gasteiger partial charge in [0.2, 0.25) is 10.0 Å². The smallest absolute Gasteiger partial charge is 0.244 e. The minimum Gasteiger partial charge on any atom is -0.315 e. The SMILES string of the molecule is Cc1ccc(S(=O)(=O)N2CCCCCC2N)cc1C. The molecule has 1 heterocycles. The van der Waals surface area contributed by atoms with Gasteiger partial charge in [-0.15, -0.1) is 0 Å². The molecule has 1 aromatic carbocycles. The van der Waals surface area contributed by atoms with Crippen molar-refractivity contribution in [1.82, 2.24) is 4.31 Å². The van der Waals surface area contributed by atoms with Crippen molar-refractivity contribution < 1.29 is 8.42 Å². The molecule has 4 nitrogen and oxygen atoms in total. The van der Waals surface area contributed by atoms with Gasteiger partial charge < -0.3 is 5.73 Å². The third-order valence-corrected chi connectivity index (χ3v) is 5.75. The monoisotopic (exact) mass is 282 g/mol. The van der Waals surface area contributed by atoms with Gasteiger partial charge in [-0.1, -0.05) is 18.9 Å². The summed E-state index contributed by atoms with van der Waals surface area (Å²) in [7, 11) is -3.47. The molecule has 0 aromatic heterocycles. The highest BCUT2D eigenvalue weighted by Crippen LogP contribution is 2.24. The molecule has 1 unspecified atom stereocenters. The first-order valence-corrected chi connectivity index (χ1v) is 8.21. The Balaban J connectivity index is 2.37. The van der Waals surface area contributed by atoms with Crippen LogP contribution in [0.2, 0.25) is 0 Å². The standard InChI is InChI=1S/C14H22N2O2S/c1-11-7-8-13(10-12(11)2)19(17,18)16-9-5-3-4-6-14(16)15/h7-8,10,14H,3-6,9,15H2,1-2H3. The van der Waals surface area contributed by atoms with Crippen LogP contribution >= 0.6 is 0 Å². The average Bonchev–Trinajstić information content (AvgIpc) is 2.57. The summed E-state index contributed by atoms with van der Waals surface area (Å²) in [6.07, 6.45) is 3.28. The van der Waals surface area contributed by atoms with E-state index in [4.69, 9.17) is 5.73 Å². The summed E-state index contributed by atoms with van der Waals surface area (Å²) in [5.41, 5.74) is 8.10. The molecule has 19 heavy (non-hydrogen) atoms. The lowest BCUT2D eigenvalue weighted by molar-refractivity contribution is 0.329. The van der Waals surface area contributed by atoms with Gasteiger partial charge in [0.1, 0.15) is 0 Å². The number of benzene rings is 1. The summed E-state index contributed by atoms with van der Waals surface area (Å²) in [4.78, 5) is 0.355. The summed E-state index contributed by atoms with van der Waals surface area (Å²) in [5.74, 6) is 0. The van der Waals surface area contributed by atoms with Crippen LogP contribution in [0, 0.1) is 13.8 Å². The average molecular weight is 282 g/mol. The third kappa shape index (κ3) is 2.99. The maximum absolute atomic E-state index is 12.7.